The number of furan rings is 1. The minimum absolute atomic E-state index is 0. The third-order valence-electron chi connectivity index (χ3n) is 4.17. The fourth-order valence-electron chi connectivity index (χ4n) is 2.69. The molecule has 0 bridgehead atoms. The number of aliphatic hydroxyl groups excluding tert-OH is 1. The molecule has 2 N–H and O–H groups in total. The number of rotatable bonds is 7. The Morgan fingerprint density at radius 3 is 2.46 bits per heavy atom. The van der Waals surface area contributed by atoms with Gasteiger partial charge in [-0.3, -0.25) is 0 Å². The molecule has 26 heavy (non-hydrogen) atoms. The van der Waals surface area contributed by atoms with Crippen LogP contribution in [0, 0.1) is 5.82 Å². The highest BCUT2D eigenvalue weighted by Crippen LogP contribution is 2.24. The van der Waals surface area contributed by atoms with Crippen LogP contribution in [0.2, 0.25) is 0 Å². The van der Waals surface area contributed by atoms with Gasteiger partial charge in [-0.1, -0.05) is 42.5 Å². The molecule has 1 unspecified atom stereocenters. The van der Waals surface area contributed by atoms with E-state index in [1.807, 2.05) is 42.5 Å². The SMILES string of the molecule is CC(O)c1ccc(-c2ccc(CNCCc3ccccc3F)o2)cc1.Cl. The lowest BCUT2D eigenvalue weighted by molar-refractivity contribution is 0.199. The highest BCUT2D eigenvalue weighted by Gasteiger charge is 2.07. The molecule has 3 aromatic rings. The van der Waals surface area contributed by atoms with Crippen LogP contribution in [0.15, 0.2) is 65.1 Å². The number of hydrogen-bond donors (Lipinski definition) is 2. The van der Waals surface area contributed by atoms with Crippen molar-refractivity contribution in [1.82, 2.24) is 5.32 Å². The van der Waals surface area contributed by atoms with Gasteiger partial charge in [0.05, 0.1) is 12.6 Å². The Bertz CT molecular complexity index is 815. The molecule has 0 aliphatic rings. The minimum atomic E-state index is -0.472. The first-order chi connectivity index (χ1) is 12.1. The molecule has 3 nitrogen and oxygen atoms in total. The molecule has 5 heteroatoms. The third kappa shape index (κ3) is 5.18. The molecular formula is C21H23ClFNO2. The average Bonchev–Trinajstić information content (AvgIpc) is 3.09. The molecular weight excluding hydrogens is 353 g/mol. The molecule has 3 rings (SSSR count). The van der Waals surface area contributed by atoms with Crippen LogP contribution in [0.4, 0.5) is 4.39 Å². The predicted octanol–water partition coefficient (Wildman–Crippen LogP) is 4.89. The van der Waals surface area contributed by atoms with Crippen molar-refractivity contribution in [1.29, 1.82) is 0 Å². The summed E-state index contributed by atoms with van der Waals surface area (Å²) in [5, 5.41) is 12.8. The summed E-state index contributed by atoms with van der Waals surface area (Å²) >= 11 is 0. The van der Waals surface area contributed by atoms with Crippen molar-refractivity contribution < 1.29 is 13.9 Å². The first-order valence-corrected chi connectivity index (χ1v) is 8.45. The van der Waals surface area contributed by atoms with Crippen LogP contribution in [0.25, 0.3) is 11.3 Å². The summed E-state index contributed by atoms with van der Waals surface area (Å²) in [4.78, 5) is 0. The zero-order valence-electron chi connectivity index (χ0n) is 14.6. The average molecular weight is 376 g/mol. The maximum Gasteiger partial charge on any atom is 0.134 e. The number of aliphatic hydroxyl groups is 1. The summed E-state index contributed by atoms with van der Waals surface area (Å²) in [6, 6.07) is 18.4. The van der Waals surface area contributed by atoms with E-state index < -0.39 is 6.10 Å². The van der Waals surface area contributed by atoms with E-state index >= 15 is 0 Å². The number of halogens is 2. The molecule has 0 spiro atoms. The fraction of sp³-hybridized carbons (Fsp3) is 0.238. The Labute approximate surface area is 159 Å². The molecule has 1 aromatic heterocycles. The molecule has 0 fully saturated rings. The van der Waals surface area contributed by atoms with E-state index in [2.05, 4.69) is 5.32 Å². The number of benzene rings is 2. The van der Waals surface area contributed by atoms with Crippen LogP contribution in [0.5, 0.6) is 0 Å². The molecule has 0 radical (unpaired) electrons. The van der Waals surface area contributed by atoms with Crippen LogP contribution in [0.1, 0.15) is 29.9 Å². The van der Waals surface area contributed by atoms with Crippen LogP contribution < -0.4 is 5.32 Å². The van der Waals surface area contributed by atoms with Crippen molar-refractivity contribution in [3.63, 3.8) is 0 Å². The Balaban J connectivity index is 0.00000243. The van der Waals surface area contributed by atoms with Gasteiger partial charge in [0.15, 0.2) is 0 Å². The largest absolute Gasteiger partial charge is 0.460 e. The maximum absolute atomic E-state index is 13.5. The van der Waals surface area contributed by atoms with E-state index in [9.17, 15) is 9.50 Å². The standard InChI is InChI=1S/C21H22FNO2.ClH/c1-15(24)16-6-8-18(9-7-16)21-11-10-19(25-21)14-23-13-12-17-4-2-3-5-20(17)22;/h2-11,15,23-24H,12-14H2,1H3;1H. The fourth-order valence-corrected chi connectivity index (χ4v) is 2.69. The van der Waals surface area contributed by atoms with Crippen molar-refractivity contribution in [2.24, 2.45) is 0 Å². The molecule has 0 aliphatic carbocycles. The van der Waals surface area contributed by atoms with Gasteiger partial charge in [-0.2, -0.15) is 0 Å². The van der Waals surface area contributed by atoms with Crippen molar-refractivity contribution in [3.8, 4) is 11.3 Å². The van der Waals surface area contributed by atoms with Crippen molar-refractivity contribution in [2.75, 3.05) is 6.54 Å². The Hall–Kier alpha value is -2.14. The van der Waals surface area contributed by atoms with Gasteiger partial charge in [0.1, 0.15) is 17.3 Å². The van der Waals surface area contributed by atoms with Gasteiger partial charge in [0.25, 0.3) is 0 Å². The monoisotopic (exact) mass is 375 g/mol. The quantitative estimate of drug-likeness (QED) is 0.578. The normalized spacial score (nSPS) is 11.8. The molecule has 0 saturated carbocycles. The van der Waals surface area contributed by atoms with Gasteiger partial charge < -0.3 is 14.8 Å². The van der Waals surface area contributed by atoms with Crippen LogP contribution in [-0.4, -0.2) is 11.7 Å². The smallest absolute Gasteiger partial charge is 0.134 e. The Kier molecular flexibility index (Phi) is 7.39. The molecule has 1 atom stereocenters. The lowest BCUT2D eigenvalue weighted by Gasteiger charge is -2.05. The van der Waals surface area contributed by atoms with Crippen LogP contribution in [0.3, 0.4) is 0 Å². The van der Waals surface area contributed by atoms with E-state index in [0.29, 0.717) is 25.1 Å². The van der Waals surface area contributed by atoms with E-state index in [-0.39, 0.29) is 18.2 Å². The van der Waals surface area contributed by atoms with Crippen molar-refractivity contribution >= 4 is 12.4 Å². The highest BCUT2D eigenvalue weighted by atomic mass is 35.5. The molecule has 0 saturated heterocycles. The number of hydrogen-bond acceptors (Lipinski definition) is 3. The van der Waals surface area contributed by atoms with E-state index in [0.717, 1.165) is 22.6 Å². The molecule has 2 aromatic carbocycles. The van der Waals surface area contributed by atoms with E-state index in [4.69, 9.17) is 4.42 Å². The van der Waals surface area contributed by atoms with Gasteiger partial charge in [-0.05, 0) is 49.2 Å². The summed E-state index contributed by atoms with van der Waals surface area (Å²) in [5.41, 5.74) is 2.57. The highest BCUT2D eigenvalue weighted by molar-refractivity contribution is 5.85. The van der Waals surface area contributed by atoms with Crippen LogP contribution in [-0.2, 0) is 13.0 Å². The van der Waals surface area contributed by atoms with Gasteiger partial charge in [-0.25, -0.2) is 4.39 Å². The molecule has 1 heterocycles. The van der Waals surface area contributed by atoms with Crippen molar-refractivity contribution in [2.45, 2.75) is 26.0 Å². The summed E-state index contributed by atoms with van der Waals surface area (Å²) in [5.74, 6) is 1.47. The summed E-state index contributed by atoms with van der Waals surface area (Å²) in [6.45, 7) is 3.02. The minimum Gasteiger partial charge on any atom is -0.460 e. The molecule has 138 valence electrons. The summed E-state index contributed by atoms with van der Waals surface area (Å²) < 4.78 is 19.4. The molecule has 0 amide bonds. The second-order valence-corrected chi connectivity index (χ2v) is 6.08. The lowest BCUT2D eigenvalue weighted by Crippen LogP contribution is -2.16. The zero-order chi connectivity index (χ0) is 17.6. The maximum atomic E-state index is 13.5. The number of nitrogens with one attached hydrogen (secondary N) is 1. The van der Waals surface area contributed by atoms with Gasteiger partial charge in [0.2, 0.25) is 0 Å². The van der Waals surface area contributed by atoms with Crippen molar-refractivity contribution in [3.05, 3.63) is 83.4 Å². The molecule has 0 aliphatic heterocycles. The van der Waals surface area contributed by atoms with Gasteiger partial charge in [0, 0.05) is 5.56 Å². The van der Waals surface area contributed by atoms with Gasteiger partial charge >= 0.3 is 0 Å². The first kappa shape index (κ1) is 20.2. The summed E-state index contributed by atoms with van der Waals surface area (Å²) in [6.07, 6.45) is 0.168. The predicted molar refractivity (Wildman–Crippen MR) is 104 cm³/mol. The zero-order valence-corrected chi connectivity index (χ0v) is 15.4. The Morgan fingerprint density at radius 1 is 1.04 bits per heavy atom. The lowest BCUT2D eigenvalue weighted by atomic mass is 10.1. The van der Waals surface area contributed by atoms with E-state index in [1.165, 1.54) is 6.07 Å². The third-order valence-corrected chi connectivity index (χ3v) is 4.17. The second-order valence-electron chi connectivity index (χ2n) is 6.08. The van der Waals surface area contributed by atoms with Crippen LogP contribution >= 0.6 is 12.4 Å². The Morgan fingerprint density at radius 2 is 1.77 bits per heavy atom. The first-order valence-electron chi connectivity index (χ1n) is 8.45. The second kappa shape index (κ2) is 9.53. The van der Waals surface area contributed by atoms with Gasteiger partial charge in [-0.15, -0.1) is 12.4 Å². The van der Waals surface area contributed by atoms with E-state index in [1.54, 1.807) is 19.1 Å². The topological polar surface area (TPSA) is 45.4 Å². The summed E-state index contributed by atoms with van der Waals surface area (Å²) in [7, 11) is 0.